The number of nitrogens with one attached hydrogen (secondary N) is 2. The minimum Gasteiger partial charge on any atom is -0.218 e. The molecule has 0 amide bonds. The third-order valence-corrected chi connectivity index (χ3v) is 5.77. The molecule has 6 nitrogen and oxygen atoms in total. The molecule has 0 saturated heterocycles. The predicted molar refractivity (Wildman–Crippen MR) is 74.2 cm³/mol. The number of hydrogen-bond acceptors (Lipinski definition) is 4. The van der Waals surface area contributed by atoms with Crippen molar-refractivity contribution in [2.24, 2.45) is 0 Å². The van der Waals surface area contributed by atoms with Crippen molar-refractivity contribution < 1.29 is 21.2 Å². The van der Waals surface area contributed by atoms with E-state index in [1.165, 1.54) is 14.0 Å². The van der Waals surface area contributed by atoms with Crippen molar-refractivity contribution in [2.45, 2.75) is 11.8 Å². The zero-order chi connectivity index (χ0) is 15.6. The number of hydrogen-bond donors (Lipinski definition) is 2. The van der Waals surface area contributed by atoms with Gasteiger partial charge in [0.25, 0.3) is 0 Å². The maximum absolute atomic E-state index is 13.2. The molecule has 114 valence electrons. The van der Waals surface area contributed by atoms with E-state index in [0.29, 0.717) is 0 Å². The van der Waals surface area contributed by atoms with Crippen molar-refractivity contribution in [3.63, 3.8) is 0 Å². The summed E-state index contributed by atoms with van der Waals surface area (Å²) in [6.07, 6.45) is 0. The first-order valence-electron chi connectivity index (χ1n) is 5.45. The average Bonchev–Trinajstić information content (AvgIpc) is 2.33. The standard InChI is InChI=1S/C10H14ClFN2O4S2/c1-7-5-10(8(11)6-9(7)12)20(17,18)14-3-4-19(15,16)13-2/h5-6,13-14H,3-4H2,1-2H3. The van der Waals surface area contributed by atoms with Gasteiger partial charge in [-0.15, -0.1) is 0 Å². The molecule has 1 aromatic carbocycles. The van der Waals surface area contributed by atoms with Gasteiger partial charge < -0.3 is 0 Å². The maximum atomic E-state index is 13.2. The molecule has 0 bridgehead atoms. The largest absolute Gasteiger partial charge is 0.242 e. The normalized spacial score (nSPS) is 12.6. The number of benzene rings is 1. The molecule has 10 heteroatoms. The minimum absolute atomic E-state index is 0.123. The van der Waals surface area contributed by atoms with Crippen LogP contribution in [0.1, 0.15) is 5.56 Å². The van der Waals surface area contributed by atoms with Crippen LogP contribution in [0.5, 0.6) is 0 Å². The molecule has 0 aliphatic heterocycles. The highest BCUT2D eigenvalue weighted by Gasteiger charge is 2.20. The van der Waals surface area contributed by atoms with E-state index in [1.807, 2.05) is 0 Å². The highest BCUT2D eigenvalue weighted by Crippen LogP contribution is 2.24. The van der Waals surface area contributed by atoms with E-state index in [-0.39, 0.29) is 22.0 Å². The minimum atomic E-state index is -4.00. The summed E-state index contributed by atoms with van der Waals surface area (Å²) in [4.78, 5) is -0.292. The fourth-order valence-corrected chi connectivity index (χ4v) is 3.66. The lowest BCUT2D eigenvalue weighted by atomic mass is 10.2. The molecule has 0 radical (unpaired) electrons. The van der Waals surface area contributed by atoms with E-state index < -0.39 is 31.6 Å². The van der Waals surface area contributed by atoms with Crippen LogP contribution in [-0.4, -0.2) is 36.2 Å². The highest BCUT2D eigenvalue weighted by atomic mass is 35.5. The predicted octanol–water partition coefficient (Wildman–Crippen LogP) is 0.615. The first kappa shape index (κ1) is 17.3. The molecule has 20 heavy (non-hydrogen) atoms. The number of rotatable bonds is 6. The summed E-state index contributed by atoms with van der Waals surface area (Å²) in [6, 6.07) is 1.99. The maximum Gasteiger partial charge on any atom is 0.242 e. The summed E-state index contributed by atoms with van der Waals surface area (Å²) in [6.45, 7) is 1.08. The second-order valence-electron chi connectivity index (χ2n) is 3.95. The molecule has 0 saturated carbocycles. The summed E-state index contributed by atoms with van der Waals surface area (Å²) < 4.78 is 63.6. The van der Waals surface area contributed by atoms with Gasteiger partial charge in [-0.3, -0.25) is 0 Å². The summed E-state index contributed by atoms with van der Waals surface area (Å²) in [7, 11) is -6.29. The SMILES string of the molecule is CNS(=O)(=O)CCNS(=O)(=O)c1cc(C)c(F)cc1Cl. The Balaban J connectivity index is 2.93. The zero-order valence-electron chi connectivity index (χ0n) is 10.8. The Bertz CT molecular complexity index is 704. The van der Waals surface area contributed by atoms with Gasteiger partial charge in [0.05, 0.1) is 10.8 Å². The molecule has 0 aliphatic rings. The third kappa shape index (κ3) is 4.38. The molecule has 1 rings (SSSR count). The number of aryl methyl sites for hydroxylation is 1. The smallest absolute Gasteiger partial charge is 0.218 e. The third-order valence-electron chi connectivity index (χ3n) is 2.48. The Morgan fingerprint density at radius 1 is 1.25 bits per heavy atom. The van der Waals surface area contributed by atoms with Crippen LogP contribution in [-0.2, 0) is 20.0 Å². The van der Waals surface area contributed by atoms with Crippen molar-refractivity contribution in [1.82, 2.24) is 9.44 Å². The van der Waals surface area contributed by atoms with Gasteiger partial charge in [-0.2, -0.15) is 0 Å². The molecular formula is C10H14ClFN2O4S2. The van der Waals surface area contributed by atoms with Gasteiger partial charge in [0.15, 0.2) is 0 Å². The summed E-state index contributed by atoms with van der Waals surface area (Å²) in [5, 5.41) is -0.267. The molecule has 2 N–H and O–H groups in total. The fourth-order valence-electron chi connectivity index (χ4n) is 1.33. The van der Waals surface area contributed by atoms with Gasteiger partial charge >= 0.3 is 0 Å². The second kappa shape index (κ2) is 6.35. The van der Waals surface area contributed by atoms with Crippen LogP contribution in [0.2, 0.25) is 5.02 Å². The Hall–Kier alpha value is -0.740. The molecule has 0 heterocycles. The van der Waals surface area contributed by atoms with Gasteiger partial charge in [-0.1, -0.05) is 11.6 Å². The number of halogens is 2. The molecule has 0 aromatic heterocycles. The van der Waals surface area contributed by atoms with E-state index in [4.69, 9.17) is 11.6 Å². The van der Waals surface area contributed by atoms with E-state index in [2.05, 4.69) is 9.44 Å². The zero-order valence-corrected chi connectivity index (χ0v) is 13.2. The first-order valence-corrected chi connectivity index (χ1v) is 8.97. The highest BCUT2D eigenvalue weighted by molar-refractivity contribution is 7.90. The lowest BCUT2D eigenvalue weighted by molar-refractivity contribution is 0.578. The fraction of sp³-hybridized carbons (Fsp3) is 0.400. The molecule has 0 spiro atoms. The average molecular weight is 345 g/mol. The van der Waals surface area contributed by atoms with Crippen LogP contribution in [0.3, 0.4) is 0 Å². The molecular weight excluding hydrogens is 331 g/mol. The Kier molecular flexibility index (Phi) is 5.50. The van der Waals surface area contributed by atoms with Crippen LogP contribution >= 0.6 is 11.6 Å². The van der Waals surface area contributed by atoms with Crippen LogP contribution in [0.4, 0.5) is 4.39 Å². The monoisotopic (exact) mass is 344 g/mol. The summed E-state index contributed by atoms with van der Waals surface area (Å²) in [5.41, 5.74) is 0.123. The summed E-state index contributed by atoms with van der Waals surface area (Å²) in [5.74, 6) is -1.03. The molecule has 0 fully saturated rings. The van der Waals surface area contributed by atoms with E-state index >= 15 is 0 Å². The Labute approximate surface area is 122 Å². The Morgan fingerprint density at radius 3 is 2.40 bits per heavy atom. The Morgan fingerprint density at radius 2 is 1.85 bits per heavy atom. The van der Waals surface area contributed by atoms with Crippen molar-refractivity contribution in [1.29, 1.82) is 0 Å². The van der Waals surface area contributed by atoms with Crippen molar-refractivity contribution in [3.05, 3.63) is 28.5 Å². The van der Waals surface area contributed by atoms with Crippen molar-refractivity contribution in [3.8, 4) is 0 Å². The van der Waals surface area contributed by atoms with Gasteiger partial charge in [0, 0.05) is 6.54 Å². The first-order chi connectivity index (χ1) is 9.09. The van der Waals surface area contributed by atoms with E-state index in [0.717, 1.165) is 12.1 Å². The molecule has 0 atom stereocenters. The van der Waals surface area contributed by atoms with Crippen LogP contribution in [0.25, 0.3) is 0 Å². The van der Waals surface area contributed by atoms with Gasteiger partial charge in [-0.25, -0.2) is 30.7 Å². The van der Waals surface area contributed by atoms with Gasteiger partial charge in [0.2, 0.25) is 20.0 Å². The van der Waals surface area contributed by atoms with Crippen molar-refractivity contribution >= 4 is 31.6 Å². The summed E-state index contributed by atoms with van der Waals surface area (Å²) >= 11 is 5.69. The van der Waals surface area contributed by atoms with Gasteiger partial charge in [0.1, 0.15) is 10.7 Å². The molecule has 0 aliphatic carbocycles. The molecule has 1 aromatic rings. The van der Waals surface area contributed by atoms with Gasteiger partial charge in [-0.05, 0) is 31.7 Å². The molecule has 0 unspecified atom stereocenters. The van der Waals surface area contributed by atoms with Crippen LogP contribution in [0, 0.1) is 12.7 Å². The quantitative estimate of drug-likeness (QED) is 0.791. The van der Waals surface area contributed by atoms with Crippen molar-refractivity contribution in [2.75, 3.05) is 19.3 Å². The second-order valence-corrected chi connectivity index (χ2v) is 8.14. The van der Waals surface area contributed by atoms with E-state index in [9.17, 15) is 21.2 Å². The van der Waals surface area contributed by atoms with Crippen LogP contribution < -0.4 is 9.44 Å². The number of sulfonamides is 2. The lowest BCUT2D eigenvalue weighted by Gasteiger charge is -2.09. The lowest BCUT2D eigenvalue weighted by Crippen LogP contribution is -2.33. The topological polar surface area (TPSA) is 92.3 Å². The van der Waals surface area contributed by atoms with E-state index in [1.54, 1.807) is 0 Å². The van der Waals surface area contributed by atoms with Crippen LogP contribution in [0.15, 0.2) is 17.0 Å².